The third-order valence-corrected chi connectivity index (χ3v) is 4.82. The Hall–Kier alpha value is -2.21. The number of aromatic hydroxyl groups is 1. The molecule has 0 saturated heterocycles. The molecular weight excluding hydrogens is 341 g/mol. The van der Waals surface area contributed by atoms with Crippen molar-refractivity contribution in [2.45, 2.75) is 52.8 Å². The zero-order chi connectivity index (χ0) is 20.4. The molecule has 5 nitrogen and oxygen atoms in total. The summed E-state index contributed by atoms with van der Waals surface area (Å²) < 4.78 is 5.61. The second-order valence-electron chi connectivity index (χ2n) is 8.33. The molecule has 2 rings (SSSR count). The molecule has 1 aromatic rings. The molecule has 0 fully saturated rings. The highest BCUT2D eigenvalue weighted by molar-refractivity contribution is 6.52. The molecule has 0 bridgehead atoms. The molecule has 0 radical (unpaired) electrons. The molecule has 0 aromatic heterocycles. The molecule has 0 spiro atoms. The molecule has 27 heavy (non-hydrogen) atoms. The second-order valence-corrected chi connectivity index (χ2v) is 8.33. The van der Waals surface area contributed by atoms with Crippen molar-refractivity contribution in [1.82, 2.24) is 5.32 Å². The van der Waals surface area contributed by atoms with Crippen LogP contribution in [0.5, 0.6) is 5.75 Å². The van der Waals surface area contributed by atoms with E-state index in [2.05, 4.69) is 18.5 Å². The van der Waals surface area contributed by atoms with Gasteiger partial charge < -0.3 is 20.2 Å². The van der Waals surface area contributed by atoms with Crippen molar-refractivity contribution < 1.29 is 19.7 Å². The van der Waals surface area contributed by atoms with Crippen molar-refractivity contribution in [3.63, 3.8) is 0 Å². The number of rotatable bonds is 7. The van der Waals surface area contributed by atoms with Gasteiger partial charge in [-0.2, -0.15) is 0 Å². The topological polar surface area (TPSA) is 78.8 Å². The molecule has 1 aromatic carbocycles. The largest absolute Gasteiger partial charge is 0.508 e. The molecule has 0 saturated carbocycles. The lowest BCUT2D eigenvalue weighted by Crippen LogP contribution is -2.48. The Morgan fingerprint density at radius 2 is 2.04 bits per heavy atom. The summed E-state index contributed by atoms with van der Waals surface area (Å²) in [7, 11) is 0. The van der Waals surface area contributed by atoms with Gasteiger partial charge >= 0.3 is 6.92 Å². The van der Waals surface area contributed by atoms with Gasteiger partial charge in [0.15, 0.2) is 5.78 Å². The van der Waals surface area contributed by atoms with Crippen LogP contribution < -0.4 is 5.32 Å². The summed E-state index contributed by atoms with van der Waals surface area (Å²) in [5.74, 6) is 0.403. The molecule has 1 aliphatic heterocycles. The number of fused-ring (bicyclic) bond motifs is 1. The number of phenolic OH excluding ortho intramolecular Hbond substituents is 1. The van der Waals surface area contributed by atoms with Crippen LogP contribution in [0.15, 0.2) is 36.7 Å². The van der Waals surface area contributed by atoms with Crippen molar-refractivity contribution in [2.24, 2.45) is 5.41 Å². The Kier molecular flexibility index (Phi) is 6.42. The monoisotopic (exact) mass is 371 g/mol. The molecule has 146 valence electrons. The fourth-order valence-electron chi connectivity index (χ4n) is 3.19. The van der Waals surface area contributed by atoms with Crippen LogP contribution in [0.1, 0.15) is 55.6 Å². The molecule has 1 atom stereocenters. The first-order valence-corrected chi connectivity index (χ1v) is 9.29. The van der Waals surface area contributed by atoms with Crippen LogP contribution in [-0.4, -0.2) is 35.4 Å². The number of nitrogens with one attached hydrogen (secondary N) is 1. The molecular formula is C21H30BNO4. The van der Waals surface area contributed by atoms with E-state index < -0.39 is 6.92 Å². The van der Waals surface area contributed by atoms with E-state index >= 15 is 0 Å². The number of carbonyl (C=O) groups excluding carboxylic acids is 1. The fourth-order valence-corrected chi connectivity index (χ4v) is 3.19. The summed E-state index contributed by atoms with van der Waals surface area (Å²) in [4.78, 5) is 12.7. The summed E-state index contributed by atoms with van der Waals surface area (Å²) >= 11 is 0. The van der Waals surface area contributed by atoms with Crippen molar-refractivity contribution in [3.8, 4) is 5.75 Å². The highest BCUT2D eigenvalue weighted by Gasteiger charge is 2.33. The van der Waals surface area contributed by atoms with Crippen LogP contribution in [-0.2, 0) is 17.5 Å². The minimum atomic E-state index is -0.623. The van der Waals surface area contributed by atoms with Gasteiger partial charge in [-0.25, -0.2) is 0 Å². The van der Waals surface area contributed by atoms with Crippen LogP contribution in [0.25, 0.3) is 0 Å². The maximum absolute atomic E-state index is 12.7. The molecule has 1 heterocycles. The molecule has 0 amide bonds. The number of phenols is 1. The van der Waals surface area contributed by atoms with E-state index in [0.29, 0.717) is 24.1 Å². The quantitative estimate of drug-likeness (QED) is 0.390. The summed E-state index contributed by atoms with van der Waals surface area (Å²) in [6, 6.07) is 3.15. The van der Waals surface area contributed by atoms with Gasteiger partial charge in [0.1, 0.15) is 5.75 Å². The van der Waals surface area contributed by atoms with Gasteiger partial charge in [-0.15, -0.1) is 0 Å². The number of allylic oxidation sites excluding steroid dienone is 2. The van der Waals surface area contributed by atoms with Crippen molar-refractivity contribution in [1.29, 1.82) is 0 Å². The normalized spacial score (nSPS) is 16.5. The molecule has 0 aliphatic carbocycles. The summed E-state index contributed by atoms with van der Waals surface area (Å²) in [6.45, 7) is 15.2. The van der Waals surface area contributed by atoms with Crippen molar-refractivity contribution in [3.05, 3.63) is 53.4 Å². The second kappa shape index (κ2) is 8.22. The molecule has 6 heteroatoms. The van der Waals surface area contributed by atoms with Gasteiger partial charge in [-0.1, -0.05) is 33.9 Å². The average molecular weight is 371 g/mol. The molecule has 0 unspecified atom stereocenters. The minimum Gasteiger partial charge on any atom is -0.508 e. The van der Waals surface area contributed by atoms with Crippen LogP contribution in [0.3, 0.4) is 0 Å². The zero-order valence-corrected chi connectivity index (χ0v) is 16.8. The Morgan fingerprint density at radius 3 is 2.63 bits per heavy atom. The Labute approximate surface area is 162 Å². The van der Waals surface area contributed by atoms with E-state index in [0.717, 1.165) is 16.8 Å². The van der Waals surface area contributed by atoms with Crippen molar-refractivity contribution >= 4 is 12.7 Å². The first kappa shape index (κ1) is 21.1. The van der Waals surface area contributed by atoms with Gasteiger partial charge in [0.25, 0.3) is 0 Å². The lowest BCUT2D eigenvalue weighted by Gasteiger charge is -2.30. The maximum atomic E-state index is 12.7. The third kappa shape index (κ3) is 5.39. The number of hydrogen-bond donors (Lipinski definition) is 3. The first-order chi connectivity index (χ1) is 12.5. The molecule has 3 N–H and O–H groups in total. The molecule has 1 aliphatic rings. The standard InChI is InChI=1S/C21H30BNO4/c1-13(2)23-20-10-15-9-16(24)11-17(18(15)12-22(20)26)19(25)7-8-27-14(3)21(4,5)6/h9,11,20,23-24,26H,1,3,7-8,10,12H2,2,4-6H3/t20-/m0/s1. The number of carbonyl (C=O) groups is 1. The lowest BCUT2D eigenvalue weighted by atomic mass is 9.50. The van der Waals surface area contributed by atoms with E-state index in [9.17, 15) is 14.9 Å². The van der Waals surface area contributed by atoms with Gasteiger partial charge in [-0.05, 0) is 48.6 Å². The Morgan fingerprint density at radius 1 is 1.37 bits per heavy atom. The number of benzene rings is 1. The van der Waals surface area contributed by atoms with Crippen molar-refractivity contribution in [2.75, 3.05) is 6.61 Å². The van der Waals surface area contributed by atoms with Gasteiger partial charge in [0.2, 0.25) is 0 Å². The van der Waals surface area contributed by atoms with Crippen LogP contribution >= 0.6 is 0 Å². The predicted molar refractivity (Wildman–Crippen MR) is 109 cm³/mol. The van der Waals surface area contributed by atoms with Crippen LogP contribution in [0.2, 0.25) is 0 Å². The predicted octanol–water partition coefficient (Wildman–Crippen LogP) is 3.19. The Bertz CT molecular complexity index is 751. The van der Waals surface area contributed by atoms with E-state index in [1.54, 1.807) is 6.07 Å². The minimum absolute atomic E-state index is 0.0579. The fraction of sp³-hybridized carbons (Fsp3) is 0.476. The maximum Gasteiger partial charge on any atom is 0.316 e. The highest BCUT2D eigenvalue weighted by atomic mass is 16.5. The number of hydrogen-bond acceptors (Lipinski definition) is 5. The Balaban J connectivity index is 2.14. The third-order valence-electron chi connectivity index (χ3n) is 4.82. The van der Waals surface area contributed by atoms with Gasteiger partial charge in [-0.3, -0.25) is 4.79 Å². The highest BCUT2D eigenvalue weighted by Crippen LogP contribution is 2.30. The summed E-state index contributed by atoms with van der Waals surface area (Å²) in [6.07, 6.45) is 1.07. The van der Waals surface area contributed by atoms with E-state index in [1.807, 2.05) is 27.7 Å². The van der Waals surface area contributed by atoms with E-state index in [1.165, 1.54) is 6.07 Å². The first-order valence-electron chi connectivity index (χ1n) is 9.29. The summed E-state index contributed by atoms with van der Waals surface area (Å²) in [5, 5.41) is 23.7. The smallest absolute Gasteiger partial charge is 0.316 e. The lowest BCUT2D eigenvalue weighted by molar-refractivity contribution is 0.0909. The van der Waals surface area contributed by atoms with E-state index in [4.69, 9.17) is 4.74 Å². The SMILES string of the molecule is C=C(C)N[C@H]1Cc2cc(O)cc(C(=O)CCOC(=C)C(C)(C)C)c2CB1O. The van der Waals surface area contributed by atoms with Gasteiger partial charge in [0.05, 0.1) is 12.4 Å². The average Bonchev–Trinajstić information content (AvgIpc) is 2.53. The number of Topliss-reactive ketones (excluding diaryl/α,β-unsaturated/α-hetero) is 1. The number of ketones is 1. The zero-order valence-electron chi connectivity index (χ0n) is 16.8. The van der Waals surface area contributed by atoms with E-state index in [-0.39, 0.29) is 35.9 Å². The van der Waals surface area contributed by atoms with Gasteiger partial charge in [0, 0.05) is 23.3 Å². The van der Waals surface area contributed by atoms with Crippen LogP contribution in [0.4, 0.5) is 0 Å². The number of ether oxygens (including phenoxy) is 1. The van der Waals surface area contributed by atoms with Crippen LogP contribution in [0, 0.1) is 5.41 Å². The summed E-state index contributed by atoms with van der Waals surface area (Å²) in [5.41, 5.74) is 2.74.